The number of aryl methyl sites for hydroxylation is 1. The van der Waals surface area contributed by atoms with Crippen molar-refractivity contribution in [1.29, 1.82) is 0 Å². The van der Waals surface area contributed by atoms with Crippen LogP contribution < -0.4 is 10.6 Å². The summed E-state index contributed by atoms with van der Waals surface area (Å²) in [4.78, 5) is 17.4. The smallest absolute Gasteiger partial charge is 0.270 e. The number of carbonyl (C=O) groups is 1. The molecule has 0 saturated carbocycles. The van der Waals surface area contributed by atoms with Gasteiger partial charge in [0.05, 0.1) is 5.69 Å². The van der Waals surface area contributed by atoms with E-state index in [4.69, 9.17) is 0 Å². The van der Waals surface area contributed by atoms with Crippen LogP contribution in [0.5, 0.6) is 0 Å². The Morgan fingerprint density at radius 3 is 3.00 bits per heavy atom. The second kappa shape index (κ2) is 6.69. The molecule has 0 fully saturated rings. The van der Waals surface area contributed by atoms with Gasteiger partial charge in [-0.3, -0.25) is 9.20 Å². The van der Waals surface area contributed by atoms with E-state index in [2.05, 4.69) is 39.9 Å². The molecule has 3 heterocycles. The Labute approximate surface area is 147 Å². The van der Waals surface area contributed by atoms with E-state index in [1.807, 2.05) is 35.7 Å². The topological polar surface area (TPSA) is 58.4 Å². The van der Waals surface area contributed by atoms with Gasteiger partial charge in [0.25, 0.3) is 5.91 Å². The van der Waals surface area contributed by atoms with Crippen molar-refractivity contribution in [1.82, 2.24) is 20.0 Å². The Hall–Kier alpha value is -2.66. The van der Waals surface area contributed by atoms with Crippen molar-refractivity contribution in [2.75, 3.05) is 13.1 Å². The molecule has 5 heteroatoms. The van der Waals surface area contributed by atoms with Crippen molar-refractivity contribution < 1.29 is 4.79 Å². The van der Waals surface area contributed by atoms with Crippen LogP contribution in [0.15, 0.2) is 48.7 Å². The van der Waals surface area contributed by atoms with Crippen molar-refractivity contribution in [3.05, 3.63) is 71.2 Å². The van der Waals surface area contributed by atoms with Crippen LogP contribution >= 0.6 is 0 Å². The third kappa shape index (κ3) is 2.91. The fourth-order valence-corrected chi connectivity index (χ4v) is 3.58. The molecule has 1 aliphatic rings. The number of fused-ring (bicyclic) bond motifs is 2. The molecular formula is C20H22N4O. The fraction of sp³-hybridized carbons (Fsp3) is 0.300. The lowest BCUT2D eigenvalue weighted by Crippen LogP contribution is -2.39. The van der Waals surface area contributed by atoms with Crippen molar-refractivity contribution in [2.45, 2.75) is 25.8 Å². The summed E-state index contributed by atoms with van der Waals surface area (Å²) >= 11 is 0. The summed E-state index contributed by atoms with van der Waals surface area (Å²) in [5, 5.41) is 6.60. The third-order valence-electron chi connectivity index (χ3n) is 4.83. The molecule has 0 bridgehead atoms. The lowest BCUT2D eigenvalue weighted by Gasteiger charge is -2.27. The van der Waals surface area contributed by atoms with Crippen molar-refractivity contribution in [3.8, 4) is 0 Å². The molecular weight excluding hydrogens is 312 g/mol. The van der Waals surface area contributed by atoms with Crippen LogP contribution in [0, 0.1) is 0 Å². The highest BCUT2D eigenvalue weighted by Crippen LogP contribution is 2.22. The maximum absolute atomic E-state index is 12.9. The summed E-state index contributed by atoms with van der Waals surface area (Å²) in [6, 6.07) is 14.4. The van der Waals surface area contributed by atoms with Crippen LogP contribution in [0.2, 0.25) is 0 Å². The molecule has 0 radical (unpaired) electrons. The van der Waals surface area contributed by atoms with E-state index in [0.717, 1.165) is 30.7 Å². The number of carbonyl (C=O) groups excluding carboxylic acids is 1. The number of hydrogen-bond donors (Lipinski definition) is 2. The monoisotopic (exact) mass is 334 g/mol. The predicted octanol–water partition coefficient (Wildman–Crippen LogP) is 2.51. The van der Waals surface area contributed by atoms with E-state index < -0.39 is 0 Å². The van der Waals surface area contributed by atoms with E-state index in [1.165, 1.54) is 11.1 Å². The van der Waals surface area contributed by atoms with Gasteiger partial charge in [0, 0.05) is 18.8 Å². The van der Waals surface area contributed by atoms with E-state index in [9.17, 15) is 4.79 Å². The van der Waals surface area contributed by atoms with Crippen LogP contribution in [-0.2, 0) is 12.8 Å². The molecule has 1 unspecified atom stereocenters. The summed E-state index contributed by atoms with van der Waals surface area (Å²) in [6.45, 7) is 3.53. The number of nitrogens with zero attached hydrogens (tertiary/aromatic N) is 2. The Bertz CT molecular complexity index is 915. The summed E-state index contributed by atoms with van der Waals surface area (Å²) in [5.41, 5.74) is 4.93. The molecule has 5 nitrogen and oxygen atoms in total. The first-order chi connectivity index (χ1) is 12.3. The fourth-order valence-electron chi connectivity index (χ4n) is 3.58. The van der Waals surface area contributed by atoms with Crippen molar-refractivity contribution in [3.63, 3.8) is 0 Å². The van der Waals surface area contributed by atoms with Crippen LogP contribution in [0.25, 0.3) is 5.65 Å². The molecule has 4 rings (SSSR count). The molecule has 1 aromatic carbocycles. The molecule has 128 valence electrons. The van der Waals surface area contributed by atoms with Gasteiger partial charge in [-0.05, 0) is 42.6 Å². The minimum atomic E-state index is -0.0691. The largest absolute Gasteiger partial charge is 0.349 e. The summed E-state index contributed by atoms with van der Waals surface area (Å²) in [7, 11) is 0. The number of amides is 1. The summed E-state index contributed by atoms with van der Waals surface area (Å²) < 4.78 is 1.87. The molecule has 0 spiro atoms. The van der Waals surface area contributed by atoms with E-state index in [0.29, 0.717) is 12.2 Å². The highest BCUT2D eigenvalue weighted by molar-refractivity contribution is 5.94. The zero-order valence-corrected chi connectivity index (χ0v) is 14.3. The summed E-state index contributed by atoms with van der Waals surface area (Å²) in [5.74, 6) is -0.0691. The molecule has 25 heavy (non-hydrogen) atoms. The van der Waals surface area contributed by atoms with Gasteiger partial charge in [-0.25, -0.2) is 4.98 Å². The Kier molecular flexibility index (Phi) is 4.24. The normalized spacial score (nSPS) is 16.6. The van der Waals surface area contributed by atoms with E-state index >= 15 is 0 Å². The molecule has 1 amide bonds. The van der Waals surface area contributed by atoms with Gasteiger partial charge in [0.15, 0.2) is 0 Å². The summed E-state index contributed by atoms with van der Waals surface area (Å²) in [6.07, 6.45) is 3.66. The van der Waals surface area contributed by atoms with Crippen LogP contribution in [-0.4, -0.2) is 28.4 Å². The van der Waals surface area contributed by atoms with Gasteiger partial charge < -0.3 is 10.6 Å². The highest BCUT2D eigenvalue weighted by Gasteiger charge is 2.22. The zero-order chi connectivity index (χ0) is 17.2. The maximum atomic E-state index is 12.9. The zero-order valence-electron chi connectivity index (χ0n) is 14.3. The molecule has 2 aromatic heterocycles. The van der Waals surface area contributed by atoms with Gasteiger partial charge in [-0.1, -0.05) is 37.3 Å². The van der Waals surface area contributed by atoms with Gasteiger partial charge in [0.1, 0.15) is 11.3 Å². The number of aromatic nitrogens is 2. The lowest BCUT2D eigenvalue weighted by molar-refractivity contribution is 0.0942. The number of imidazole rings is 1. The molecule has 1 aliphatic heterocycles. The highest BCUT2D eigenvalue weighted by atomic mass is 16.1. The molecule has 0 aliphatic carbocycles. The number of nitrogens with one attached hydrogen (secondary N) is 2. The molecule has 3 aromatic rings. The number of rotatable bonds is 4. The van der Waals surface area contributed by atoms with E-state index in [-0.39, 0.29) is 11.9 Å². The van der Waals surface area contributed by atoms with Gasteiger partial charge in [-0.2, -0.15) is 0 Å². The number of benzene rings is 1. The van der Waals surface area contributed by atoms with Crippen LogP contribution in [0.4, 0.5) is 0 Å². The Morgan fingerprint density at radius 1 is 1.28 bits per heavy atom. The molecule has 1 atom stereocenters. The van der Waals surface area contributed by atoms with Crippen LogP contribution in [0.3, 0.4) is 0 Å². The van der Waals surface area contributed by atoms with E-state index in [1.54, 1.807) is 0 Å². The quantitative estimate of drug-likeness (QED) is 0.771. The third-order valence-corrected chi connectivity index (χ3v) is 4.83. The van der Waals surface area contributed by atoms with Gasteiger partial charge in [-0.15, -0.1) is 0 Å². The lowest BCUT2D eigenvalue weighted by atomic mass is 9.94. The minimum absolute atomic E-state index is 0.0691. The Morgan fingerprint density at radius 2 is 2.12 bits per heavy atom. The SMILES string of the molecule is CCc1nc2ccccn2c1C(=O)NCC1NCCc2ccccc21. The van der Waals surface area contributed by atoms with Crippen molar-refractivity contribution in [2.24, 2.45) is 0 Å². The average Bonchev–Trinajstić information content (AvgIpc) is 3.04. The maximum Gasteiger partial charge on any atom is 0.270 e. The second-order valence-electron chi connectivity index (χ2n) is 6.36. The predicted molar refractivity (Wildman–Crippen MR) is 97.8 cm³/mol. The first-order valence-electron chi connectivity index (χ1n) is 8.83. The average molecular weight is 334 g/mol. The van der Waals surface area contributed by atoms with Crippen LogP contribution in [0.1, 0.15) is 40.3 Å². The number of pyridine rings is 1. The van der Waals surface area contributed by atoms with Crippen molar-refractivity contribution >= 4 is 11.6 Å². The second-order valence-corrected chi connectivity index (χ2v) is 6.36. The standard InChI is InChI=1S/C20H22N4O/c1-2-16-19(24-12-6-5-9-18(24)23-16)20(25)22-13-17-15-8-4-3-7-14(15)10-11-21-17/h3-9,12,17,21H,2,10-11,13H2,1H3,(H,22,25). The number of hydrogen-bond acceptors (Lipinski definition) is 3. The first-order valence-corrected chi connectivity index (χ1v) is 8.83. The van der Waals surface area contributed by atoms with Gasteiger partial charge in [0.2, 0.25) is 0 Å². The molecule has 0 saturated heterocycles. The Balaban J connectivity index is 1.56. The minimum Gasteiger partial charge on any atom is -0.349 e. The first kappa shape index (κ1) is 15.8. The molecule has 2 N–H and O–H groups in total. The van der Waals surface area contributed by atoms with Gasteiger partial charge >= 0.3 is 0 Å².